The Hall–Kier alpha value is 2.80. The predicted molar refractivity (Wildman–Crippen MR) is 85.0 cm³/mol. The van der Waals surface area contributed by atoms with Crippen LogP contribution in [0.25, 0.3) is 0 Å². The van der Waals surface area contributed by atoms with Gasteiger partial charge in [-0.3, -0.25) is 0 Å². The van der Waals surface area contributed by atoms with Crippen molar-refractivity contribution in [3.63, 3.8) is 0 Å². The Balaban J connectivity index is 5.28. The van der Waals surface area contributed by atoms with Crippen LogP contribution < -0.4 is 0 Å². The first-order chi connectivity index (χ1) is 6.62. The van der Waals surface area contributed by atoms with E-state index in [1.54, 1.807) is 0 Å². The molecule has 0 saturated carbocycles. The summed E-state index contributed by atoms with van der Waals surface area (Å²) in [7, 11) is 0. The zero-order valence-corrected chi connectivity index (χ0v) is 17.5. The molecule has 0 aromatic rings. The Morgan fingerprint density at radius 3 is 1.13 bits per heavy atom. The molecule has 92 valence electrons. The summed E-state index contributed by atoms with van der Waals surface area (Å²) in [5.41, 5.74) is 0. The van der Waals surface area contributed by atoms with Gasteiger partial charge < -0.3 is 9.47 Å². The van der Waals surface area contributed by atoms with E-state index >= 15 is 0 Å². The number of ether oxygens (including phenoxy) is 2. The van der Waals surface area contributed by atoms with Crippen molar-refractivity contribution in [2.24, 2.45) is 0 Å². The first-order valence-corrected chi connectivity index (χ1v) is 8.79. The largest absolute Gasteiger partial charge is 0.345 e. The van der Waals surface area contributed by atoms with E-state index in [4.69, 9.17) is 9.47 Å². The number of halogens is 6. The lowest BCUT2D eigenvalue weighted by atomic mass is 10.4. The van der Waals surface area contributed by atoms with Gasteiger partial charge in [0.1, 0.15) is 0 Å². The molecule has 0 aromatic heterocycles. The maximum absolute atomic E-state index is 5.70. The molecule has 0 aromatic carbocycles. The molecule has 0 spiro atoms. The Bertz CT molecular complexity index is 175. The third kappa shape index (κ3) is 4.44. The molecule has 0 aliphatic heterocycles. The fraction of sp³-hybridized carbons (Fsp3) is 1.00. The monoisotopic (exact) mass is 600 g/mol. The normalized spacial score (nSPS) is 14.4. The van der Waals surface area contributed by atoms with E-state index < -0.39 is 10.1 Å². The number of alkyl halides is 6. The van der Waals surface area contributed by atoms with Gasteiger partial charge in [-0.05, 0) is 13.8 Å². The molecule has 2 nitrogen and oxygen atoms in total. The summed E-state index contributed by atoms with van der Waals surface area (Å²) >= 11 is 20.6. The third-order valence-corrected chi connectivity index (χ3v) is 4.57. The second kappa shape index (κ2) is 6.82. The van der Waals surface area contributed by atoms with Crippen LogP contribution in [0.4, 0.5) is 0 Å². The van der Waals surface area contributed by atoms with Crippen LogP contribution in [0.1, 0.15) is 13.8 Å². The highest BCUT2D eigenvalue weighted by Gasteiger charge is 2.61. The van der Waals surface area contributed by atoms with Gasteiger partial charge >= 0.3 is 0 Å². The van der Waals surface area contributed by atoms with E-state index in [0.29, 0.717) is 13.2 Å². The van der Waals surface area contributed by atoms with Crippen molar-refractivity contribution >= 4 is 95.6 Å². The van der Waals surface area contributed by atoms with Crippen molar-refractivity contribution in [2.45, 2.75) is 23.9 Å². The zero-order chi connectivity index (χ0) is 12.3. The molecular formula is C7H10Br6O2. The molecule has 8 heteroatoms. The summed E-state index contributed by atoms with van der Waals surface area (Å²) in [6, 6.07) is 0. The van der Waals surface area contributed by atoms with Crippen molar-refractivity contribution in [3.8, 4) is 0 Å². The summed E-state index contributed by atoms with van der Waals surface area (Å²) in [6.07, 6.45) is 0. The average molecular weight is 606 g/mol. The maximum atomic E-state index is 5.70. The SMILES string of the molecule is CCOC(OCC)(C(Br)(Br)Br)C(Br)(Br)Br. The molecule has 0 aliphatic rings. The lowest BCUT2D eigenvalue weighted by molar-refractivity contribution is -0.214. The molecule has 15 heavy (non-hydrogen) atoms. The van der Waals surface area contributed by atoms with Crippen LogP contribution in [0, 0.1) is 0 Å². The lowest BCUT2D eigenvalue weighted by Crippen LogP contribution is -2.56. The minimum Gasteiger partial charge on any atom is -0.345 e. The summed E-state index contributed by atoms with van der Waals surface area (Å²) in [6.45, 7) is 4.78. The highest BCUT2D eigenvalue weighted by atomic mass is 80.0. The average Bonchev–Trinajstić information content (AvgIpc) is 1.99. The van der Waals surface area contributed by atoms with E-state index in [0.717, 1.165) is 0 Å². The van der Waals surface area contributed by atoms with Crippen molar-refractivity contribution in [1.82, 2.24) is 0 Å². The quantitative estimate of drug-likeness (QED) is 0.315. The van der Waals surface area contributed by atoms with Gasteiger partial charge in [0, 0.05) is 13.2 Å². The first kappa shape index (κ1) is 17.8. The topological polar surface area (TPSA) is 18.5 Å². The minimum absolute atomic E-state index is 0.495. The summed E-state index contributed by atoms with van der Waals surface area (Å²) in [5.74, 6) is -1.02. The van der Waals surface area contributed by atoms with E-state index in [1.807, 2.05) is 13.8 Å². The second-order valence-electron chi connectivity index (χ2n) is 2.48. The van der Waals surface area contributed by atoms with Crippen molar-refractivity contribution < 1.29 is 9.47 Å². The van der Waals surface area contributed by atoms with Crippen molar-refractivity contribution in [3.05, 3.63) is 0 Å². The Kier molecular flexibility index (Phi) is 8.09. The van der Waals surface area contributed by atoms with Crippen LogP contribution in [0.5, 0.6) is 0 Å². The molecule has 0 saturated heterocycles. The Morgan fingerprint density at radius 1 is 0.733 bits per heavy atom. The van der Waals surface area contributed by atoms with Gasteiger partial charge in [-0.25, -0.2) is 0 Å². The number of rotatable bonds is 4. The molecule has 0 radical (unpaired) electrons. The minimum atomic E-state index is -1.02. The van der Waals surface area contributed by atoms with Crippen LogP contribution in [0.15, 0.2) is 0 Å². The van der Waals surface area contributed by atoms with Crippen LogP contribution in [0.3, 0.4) is 0 Å². The third-order valence-electron chi connectivity index (χ3n) is 1.44. The van der Waals surface area contributed by atoms with Gasteiger partial charge in [0.2, 0.25) is 5.79 Å². The van der Waals surface area contributed by atoms with E-state index in [9.17, 15) is 0 Å². The Morgan fingerprint density at radius 2 is 1.00 bits per heavy atom. The smallest absolute Gasteiger partial charge is 0.240 e. The lowest BCUT2D eigenvalue weighted by Gasteiger charge is -2.44. The molecular weight excluding hydrogens is 595 g/mol. The number of hydrogen-bond donors (Lipinski definition) is 0. The maximum Gasteiger partial charge on any atom is 0.240 e. The second-order valence-corrected chi connectivity index (χ2v) is 16.0. The molecule has 0 heterocycles. The summed E-state index contributed by atoms with van der Waals surface area (Å²) in [5, 5.41) is 0. The van der Waals surface area contributed by atoms with Crippen molar-refractivity contribution in [2.75, 3.05) is 13.2 Å². The zero-order valence-electron chi connectivity index (χ0n) is 8.00. The number of hydrogen-bond acceptors (Lipinski definition) is 2. The molecule has 0 atom stereocenters. The molecule has 0 amide bonds. The molecule has 0 fully saturated rings. The van der Waals surface area contributed by atoms with Crippen molar-refractivity contribution in [1.29, 1.82) is 0 Å². The van der Waals surface area contributed by atoms with Gasteiger partial charge in [0.05, 0.1) is 0 Å². The van der Waals surface area contributed by atoms with E-state index in [-0.39, 0.29) is 0 Å². The highest BCUT2D eigenvalue weighted by molar-refractivity contribution is 9.40. The van der Waals surface area contributed by atoms with Gasteiger partial charge in [-0.15, -0.1) is 0 Å². The van der Waals surface area contributed by atoms with Crippen LogP contribution in [-0.2, 0) is 9.47 Å². The predicted octanol–water partition coefficient (Wildman–Crippen LogP) is 5.43. The van der Waals surface area contributed by atoms with Crippen LogP contribution in [-0.4, -0.2) is 23.3 Å². The van der Waals surface area contributed by atoms with E-state index in [2.05, 4.69) is 95.6 Å². The molecule has 0 rings (SSSR count). The standard InChI is InChI=1S/C7H10Br6O2/c1-3-14-5(15-4-2,6(8,9)10)7(11,12)13/h3-4H2,1-2H3. The van der Waals surface area contributed by atoms with Crippen LogP contribution >= 0.6 is 95.6 Å². The summed E-state index contributed by atoms with van der Waals surface area (Å²) in [4.78, 5) is 0. The Labute approximate surface area is 140 Å². The molecule has 0 unspecified atom stereocenters. The van der Waals surface area contributed by atoms with Crippen LogP contribution in [0.2, 0.25) is 0 Å². The van der Waals surface area contributed by atoms with Gasteiger partial charge in [-0.1, -0.05) is 95.6 Å². The van der Waals surface area contributed by atoms with Gasteiger partial charge in [0.15, 0.2) is 4.29 Å². The fourth-order valence-corrected chi connectivity index (χ4v) is 6.49. The fourth-order valence-electron chi connectivity index (χ4n) is 0.936. The molecule has 0 bridgehead atoms. The van der Waals surface area contributed by atoms with Gasteiger partial charge in [0.25, 0.3) is 0 Å². The first-order valence-electron chi connectivity index (χ1n) is 4.03. The summed E-state index contributed by atoms with van der Waals surface area (Å²) < 4.78 is 9.90. The molecule has 0 aliphatic carbocycles. The van der Waals surface area contributed by atoms with Gasteiger partial charge in [-0.2, -0.15) is 0 Å². The van der Waals surface area contributed by atoms with E-state index in [1.165, 1.54) is 0 Å². The molecule has 0 N–H and O–H groups in total. The highest BCUT2D eigenvalue weighted by Crippen LogP contribution is 2.59.